The zero-order valence-corrected chi connectivity index (χ0v) is 15.6. The number of anilines is 1. The third-order valence-corrected chi connectivity index (χ3v) is 4.92. The molecule has 1 aromatic heterocycles. The molecule has 1 saturated heterocycles. The average molecular weight is 374 g/mol. The highest BCUT2D eigenvalue weighted by molar-refractivity contribution is 7.97. The fraction of sp³-hybridized carbons (Fsp3) is 0.389. The van der Waals surface area contributed by atoms with Crippen LogP contribution in [0.25, 0.3) is 0 Å². The molecule has 0 amide bonds. The smallest absolute Gasteiger partial charge is 0.225 e. The molecule has 0 spiro atoms. The number of piperazine rings is 1. The quantitative estimate of drug-likeness (QED) is 0.639. The van der Waals surface area contributed by atoms with Gasteiger partial charge in [0.2, 0.25) is 5.95 Å². The summed E-state index contributed by atoms with van der Waals surface area (Å²) >= 11 is 1.66. The Morgan fingerprint density at radius 3 is 2.62 bits per heavy atom. The molecule has 2 N–H and O–H groups in total. The molecule has 0 aliphatic carbocycles. The molecule has 2 heterocycles. The molecular weight excluding hydrogens is 351 g/mol. The number of guanidine groups is 1. The van der Waals surface area contributed by atoms with Crippen molar-refractivity contribution in [3.8, 4) is 0 Å². The van der Waals surface area contributed by atoms with Gasteiger partial charge in [-0.3, -0.25) is 0 Å². The standard InChI is InChI=1S/C18H23FN6S/c1-26-13-15-11-16(19)4-3-14(15)12-23-17(20)24-7-9-25(10-8-24)18-21-5-2-6-22-18/h2-6,11H,7-10,12-13H2,1H3,(H2,20,23). The van der Waals surface area contributed by atoms with Gasteiger partial charge in [-0.15, -0.1) is 0 Å². The first-order valence-electron chi connectivity index (χ1n) is 8.50. The summed E-state index contributed by atoms with van der Waals surface area (Å²) < 4.78 is 13.4. The van der Waals surface area contributed by atoms with Crippen LogP contribution in [0.1, 0.15) is 11.1 Å². The van der Waals surface area contributed by atoms with Crippen LogP contribution in [0, 0.1) is 5.82 Å². The first-order valence-corrected chi connectivity index (χ1v) is 9.90. The van der Waals surface area contributed by atoms with Crippen molar-refractivity contribution in [1.29, 1.82) is 0 Å². The molecule has 2 aromatic rings. The van der Waals surface area contributed by atoms with Crippen LogP contribution in [0.15, 0.2) is 41.7 Å². The molecule has 26 heavy (non-hydrogen) atoms. The number of thioether (sulfide) groups is 1. The summed E-state index contributed by atoms with van der Waals surface area (Å²) in [5, 5.41) is 0. The highest BCUT2D eigenvalue weighted by Crippen LogP contribution is 2.18. The molecule has 3 rings (SSSR count). The van der Waals surface area contributed by atoms with E-state index < -0.39 is 0 Å². The average Bonchev–Trinajstić information content (AvgIpc) is 2.68. The zero-order chi connectivity index (χ0) is 18.4. The van der Waals surface area contributed by atoms with Gasteiger partial charge in [0.1, 0.15) is 5.82 Å². The summed E-state index contributed by atoms with van der Waals surface area (Å²) in [6.45, 7) is 3.61. The van der Waals surface area contributed by atoms with E-state index in [1.54, 1.807) is 36.3 Å². The first-order chi connectivity index (χ1) is 12.7. The predicted octanol–water partition coefficient (Wildman–Crippen LogP) is 2.12. The van der Waals surface area contributed by atoms with Gasteiger partial charge in [0, 0.05) is 44.3 Å². The van der Waals surface area contributed by atoms with Crippen LogP contribution in [0.3, 0.4) is 0 Å². The zero-order valence-electron chi connectivity index (χ0n) is 14.8. The first kappa shape index (κ1) is 18.4. The monoisotopic (exact) mass is 374 g/mol. The number of benzene rings is 1. The predicted molar refractivity (Wildman–Crippen MR) is 105 cm³/mol. The van der Waals surface area contributed by atoms with E-state index in [0.29, 0.717) is 12.5 Å². The fourth-order valence-corrected chi connectivity index (χ4v) is 3.47. The molecule has 0 unspecified atom stereocenters. The summed E-state index contributed by atoms with van der Waals surface area (Å²) in [6, 6.07) is 6.66. The largest absolute Gasteiger partial charge is 0.370 e. The lowest BCUT2D eigenvalue weighted by Crippen LogP contribution is -2.51. The maximum Gasteiger partial charge on any atom is 0.225 e. The topological polar surface area (TPSA) is 70.6 Å². The van der Waals surface area contributed by atoms with Crippen LogP contribution in [0.5, 0.6) is 0 Å². The molecule has 1 fully saturated rings. The number of halogens is 1. The van der Waals surface area contributed by atoms with Crippen molar-refractivity contribution in [2.45, 2.75) is 12.3 Å². The summed E-state index contributed by atoms with van der Waals surface area (Å²) in [5.41, 5.74) is 8.17. The van der Waals surface area contributed by atoms with Gasteiger partial charge < -0.3 is 15.5 Å². The molecule has 0 saturated carbocycles. The maximum absolute atomic E-state index is 13.4. The Morgan fingerprint density at radius 2 is 1.92 bits per heavy atom. The number of rotatable bonds is 5. The van der Waals surface area contributed by atoms with E-state index >= 15 is 0 Å². The van der Waals surface area contributed by atoms with E-state index in [1.165, 1.54) is 6.07 Å². The Balaban J connectivity index is 1.59. The van der Waals surface area contributed by atoms with Crippen LogP contribution >= 0.6 is 11.8 Å². The summed E-state index contributed by atoms with van der Waals surface area (Å²) in [4.78, 5) is 17.3. The third-order valence-electron chi connectivity index (χ3n) is 4.32. The van der Waals surface area contributed by atoms with E-state index in [9.17, 15) is 4.39 Å². The molecule has 0 atom stereocenters. The highest BCUT2D eigenvalue weighted by atomic mass is 32.2. The molecule has 1 aromatic carbocycles. The Kier molecular flexibility index (Phi) is 6.27. The molecule has 6 nitrogen and oxygen atoms in total. The third kappa shape index (κ3) is 4.63. The lowest BCUT2D eigenvalue weighted by atomic mass is 10.1. The number of aromatic nitrogens is 2. The van der Waals surface area contributed by atoms with Crippen LogP contribution in [-0.4, -0.2) is 53.3 Å². The van der Waals surface area contributed by atoms with Crippen LogP contribution < -0.4 is 10.6 Å². The fourth-order valence-electron chi connectivity index (χ4n) is 2.89. The van der Waals surface area contributed by atoms with E-state index in [0.717, 1.165) is 49.0 Å². The minimum atomic E-state index is -0.214. The molecule has 0 bridgehead atoms. The van der Waals surface area contributed by atoms with Crippen molar-refractivity contribution in [2.24, 2.45) is 10.7 Å². The SMILES string of the molecule is CSCc1cc(F)ccc1CN=C(N)N1CCN(c2ncccn2)CC1. The van der Waals surface area contributed by atoms with Gasteiger partial charge in [-0.05, 0) is 35.6 Å². The second-order valence-electron chi connectivity index (χ2n) is 6.04. The highest BCUT2D eigenvalue weighted by Gasteiger charge is 2.19. The minimum absolute atomic E-state index is 0.214. The maximum atomic E-state index is 13.4. The lowest BCUT2D eigenvalue weighted by molar-refractivity contribution is 0.378. The van der Waals surface area contributed by atoms with Crippen molar-refractivity contribution in [2.75, 3.05) is 37.3 Å². The van der Waals surface area contributed by atoms with Gasteiger partial charge in [0.05, 0.1) is 6.54 Å². The van der Waals surface area contributed by atoms with Crippen LogP contribution in [-0.2, 0) is 12.3 Å². The van der Waals surface area contributed by atoms with Gasteiger partial charge in [-0.2, -0.15) is 11.8 Å². The number of nitrogens with zero attached hydrogens (tertiary/aromatic N) is 5. The molecule has 1 aliphatic heterocycles. The van der Waals surface area contributed by atoms with Gasteiger partial charge >= 0.3 is 0 Å². The molecule has 1 aliphatic rings. The molecule has 8 heteroatoms. The van der Waals surface area contributed by atoms with Gasteiger partial charge in [0.25, 0.3) is 0 Å². The Morgan fingerprint density at radius 1 is 1.19 bits per heavy atom. The number of nitrogens with two attached hydrogens (primary N) is 1. The molecule has 0 radical (unpaired) electrons. The van der Waals surface area contributed by atoms with Crippen molar-refractivity contribution in [3.05, 3.63) is 53.6 Å². The normalized spacial score (nSPS) is 15.4. The minimum Gasteiger partial charge on any atom is -0.370 e. The van der Waals surface area contributed by atoms with E-state index in [2.05, 4.69) is 24.8 Å². The van der Waals surface area contributed by atoms with Crippen molar-refractivity contribution in [1.82, 2.24) is 14.9 Å². The van der Waals surface area contributed by atoms with Crippen molar-refractivity contribution >= 4 is 23.7 Å². The van der Waals surface area contributed by atoms with Crippen LogP contribution in [0.2, 0.25) is 0 Å². The molecular formula is C18H23FN6S. The van der Waals surface area contributed by atoms with E-state index in [-0.39, 0.29) is 5.82 Å². The van der Waals surface area contributed by atoms with Gasteiger partial charge in [-0.25, -0.2) is 19.4 Å². The second-order valence-corrected chi connectivity index (χ2v) is 6.91. The summed E-state index contributed by atoms with van der Waals surface area (Å²) in [5.74, 6) is 1.82. The lowest BCUT2D eigenvalue weighted by Gasteiger charge is -2.35. The Labute approximate surface area is 157 Å². The van der Waals surface area contributed by atoms with Gasteiger partial charge in [-0.1, -0.05) is 6.07 Å². The molecule has 138 valence electrons. The van der Waals surface area contributed by atoms with Crippen molar-refractivity contribution in [3.63, 3.8) is 0 Å². The summed E-state index contributed by atoms with van der Waals surface area (Å²) in [7, 11) is 0. The Hall–Kier alpha value is -2.35. The number of hydrogen-bond donors (Lipinski definition) is 1. The second kappa shape index (κ2) is 8.84. The van der Waals surface area contributed by atoms with Crippen LogP contribution in [0.4, 0.5) is 10.3 Å². The van der Waals surface area contributed by atoms with Gasteiger partial charge in [0.15, 0.2) is 5.96 Å². The van der Waals surface area contributed by atoms with E-state index in [1.807, 2.05) is 12.3 Å². The van der Waals surface area contributed by atoms with E-state index in [4.69, 9.17) is 5.73 Å². The van der Waals surface area contributed by atoms with Crippen molar-refractivity contribution < 1.29 is 4.39 Å². The summed E-state index contributed by atoms with van der Waals surface area (Å²) in [6.07, 6.45) is 5.50. The number of hydrogen-bond acceptors (Lipinski definition) is 5. The number of aliphatic imine (C=N–C) groups is 1. The Bertz CT molecular complexity index is 747.